The largest absolute Gasteiger partial charge is 0.478 e. The molecular weight excluding hydrogens is 224 g/mol. The van der Waals surface area contributed by atoms with Crippen molar-refractivity contribution < 1.29 is 9.90 Å². The maximum atomic E-state index is 10.5. The SMILES string of the molecule is N#Cc1ncc(Br)cc1C(=O)O. The number of aromatic nitrogens is 1. The van der Waals surface area contributed by atoms with Crippen LogP contribution in [0.15, 0.2) is 16.7 Å². The minimum atomic E-state index is -1.15. The zero-order chi connectivity index (χ0) is 9.14. The van der Waals surface area contributed by atoms with Crippen LogP contribution in [0.3, 0.4) is 0 Å². The molecule has 5 heteroatoms. The van der Waals surface area contributed by atoms with Crippen molar-refractivity contribution in [3.63, 3.8) is 0 Å². The van der Waals surface area contributed by atoms with Gasteiger partial charge in [0.2, 0.25) is 0 Å². The summed E-state index contributed by atoms with van der Waals surface area (Å²) in [6, 6.07) is 3.03. The van der Waals surface area contributed by atoms with Gasteiger partial charge < -0.3 is 5.11 Å². The number of carboxylic acids is 1. The Kier molecular flexibility index (Phi) is 2.41. The van der Waals surface area contributed by atoms with E-state index in [9.17, 15) is 4.79 Å². The molecule has 0 aliphatic heterocycles. The minimum Gasteiger partial charge on any atom is -0.478 e. The number of nitriles is 1. The Labute approximate surface area is 76.6 Å². The van der Waals surface area contributed by atoms with Crippen molar-refractivity contribution in [1.82, 2.24) is 4.98 Å². The van der Waals surface area contributed by atoms with Gasteiger partial charge in [-0.25, -0.2) is 9.78 Å². The number of carbonyl (C=O) groups is 1. The summed E-state index contributed by atoms with van der Waals surface area (Å²) >= 11 is 3.06. The lowest BCUT2D eigenvalue weighted by molar-refractivity contribution is 0.0696. The van der Waals surface area contributed by atoms with E-state index in [0.29, 0.717) is 4.47 Å². The number of pyridine rings is 1. The highest BCUT2D eigenvalue weighted by atomic mass is 79.9. The molecule has 60 valence electrons. The normalized spacial score (nSPS) is 9.00. The van der Waals surface area contributed by atoms with Crippen molar-refractivity contribution >= 4 is 21.9 Å². The molecule has 0 bridgehead atoms. The van der Waals surface area contributed by atoms with Crippen molar-refractivity contribution in [3.05, 3.63) is 28.0 Å². The molecule has 0 aromatic carbocycles. The lowest BCUT2D eigenvalue weighted by Gasteiger charge is -1.96. The van der Waals surface area contributed by atoms with Gasteiger partial charge in [0.1, 0.15) is 6.07 Å². The van der Waals surface area contributed by atoms with Crippen LogP contribution in [0.4, 0.5) is 0 Å². The molecule has 1 aromatic heterocycles. The van der Waals surface area contributed by atoms with E-state index in [2.05, 4.69) is 20.9 Å². The molecule has 0 spiro atoms. The molecule has 0 unspecified atom stereocenters. The van der Waals surface area contributed by atoms with Crippen molar-refractivity contribution in [2.75, 3.05) is 0 Å². The van der Waals surface area contributed by atoms with Crippen LogP contribution in [0.2, 0.25) is 0 Å². The monoisotopic (exact) mass is 226 g/mol. The maximum Gasteiger partial charge on any atom is 0.338 e. The van der Waals surface area contributed by atoms with Gasteiger partial charge >= 0.3 is 5.97 Å². The third-order valence-corrected chi connectivity index (χ3v) is 1.62. The van der Waals surface area contributed by atoms with E-state index < -0.39 is 5.97 Å². The van der Waals surface area contributed by atoms with Gasteiger partial charge in [-0.2, -0.15) is 5.26 Å². The fourth-order valence-electron chi connectivity index (χ4n) is 0.691. The van der Waals surface area contributed by atoms with Gasteiger partial charge in [0, 0.05) is 10.7 Å². The molecule has 0 atom stereocenters. The van der Waals surface area contributed by atoms with Crippen molar-refractivity contribution in [1.29, 1.82) is 5.26 Å². The Hall–Kier alpha value is -1.41. The number of carboxylic acid groups (broad SMARTS) is 1. The van der Waals surface area contributed by atoms with Crippen molar-refractivity contribution in [3.8, 4) is 6.07 Å². The number of nitrogens with zero attached hydrogens (tertiary/aromatic N) is 2. The highest BCUT2D eigenvalue weighted by Gasteiger charge is 2.10. The molecule has 0 aliphatic rings. The first-order valence-electron chi connectivity index (χ1n) is 2.94. The maximum absolute atomic E-state index is 10.5. The summed E-state index contributed by atoms with van der Waals surface area (Å²) in [6.45, 7) is 0. The van der Waals surface area contributed by atoms with Gasteiger partial charge in [-0.15, -0.1) is 0 Å². The van der Waals surface area contributed by atoms with Crippen LogP contribution in [-0.2, 0) is 0 Å². The highest BCUT2D eigenvalue weighted by Crippen LogP contribution is 2.12. The second-order valence-electron chi connectivity index (χ2n) is 1.97. The summed E-state index contributed by atoms with van der Waals surface area (Å²) in [6.07, 6.45) is 1.38. The molecule has 0 radical (unpaired) electrons. The number of aromatic carboxylic acids is 1. The first-order chi connectivity index (χ1) is 5.65. The van der Waals surface area contributed by atoms with Crippen molar-refractivity contribution in [2.45, 2.75) is 0 Å². The molecule has 1 N–H and O–H groups in total. The molecule has 1 heterocycles. The Morgan fingerprint density at radius 3 is 2.92 bits per heavy atom. The molecule has 1 aromatic rings. The van der Waals surface area contributed by atoms with E-state index in [1.807, 2.05) is 0 Å². The van der Waals surface area contributed by atoms with Crippen molar-refractivity contribution in [2.24, 2.45) is 0 Å². The highest BCUT2D eigenvalue weighted by molar-refractivity contribution is 9.10. The Morgan fingerprint density at radius 1 is 1.75 bits per heavy atom. The number of halogens is 1. The molecule has 12 heavy (non-hydrogen) atoms. The van der Waals surface area contributed by atoms with Gasteiger partial charge in [-0.3, -0.25) is 0 Å². The summed E-state index contributed by atoms with van der Waals surface area (Å²) < 4.78 is 0.541. The standard InChI is InChI=1S/C7H3BrN2O2/c8-4-1-5(7(11)12)6(2-9)10-3-4/h1,3H,(H,11,12). The topological polar surface area (TPSA) is 74.0 Å². The smallest absolute Gasteiger partial charge is 0.338 e. The lowest BCUT2D eigenvalue weighted by atomic mass is 10.2. The molecule has 4 nitrogen and oxygen atoms in total. The summed E-state index contributed by atoms with van der Waals surface area (Å²) in [4.78, 5) is 14.2. The van der Waals surface area contributed by atoms with Crippen LogP contribution in [-0.4, -0.2) is 16.1 Å². The summed E-state index contributed by atoms with van der Waals surface area (Å²) in [7, 11) is 0. The second-order valence-corrected chi connectivity index (χ2v) is 2.88. The lowest BCUT2D eigenvalue weighted by Crippen LogP contribution is -2.01. The Balaban J connectivity index is 3.34. The van der Waals surface area contributed by atoms with Crippen LogP contribution in [0, 0.1) is 11.3 Å². The van der Waals surface area contributed by atoms with Crippen LogP contribution >= 0.6 is 15.9 Å². The fraction of sp³-hybridized carbons (Fsp3) is 0. The Morgan fingerprint density at radius 2 is 2.42 bits per heavy atom. The van der Waals surface area contributed by atoms with E-state index in [1.165, 1.54) is 12.3 Å². The first kappa shape index (κ1) is 8.68. The van der Waals surface area contributed by atoms with Gasteiger partial charge in [0.25, 0.3) is 0 Å². The van der Waals surface area contributed by atoms with Crippen LogP contribution in [0.5, 0.6) is 0 Å². The minimum absolute atomic E-state index is 0.0781. The molecular formula is C7H3BrN2O2. The zero-order valence-electron chi connectivity index (χ0n) is 5.78. The van der Waals surface area contributed by atoms with Crippen LogP contribution in [0.1, 0.15) is 16.1 Å². The average Bonchev–Trinajstić information content (AvgIpc) is 2.04. The van der Waals surface area contributed by atoms with Gasteiger partial charge in [0.05, 0.1) is 5.56 Å². The van der Waals surface area contributed by atoms with Crippen LogP contribution in [0.25, 0.3) is 0 Å². The third kappa shape index (κ3) is 1.60. The molecule has 0 amide bonds. The van der Waals surface area contributed by atoms with E-state index in [0.717, 1.165) is 0 Å². The number of hydrogen-bond acceptors (Lipinski definition) is 3. The van der Waals surface area contributed by atoms with E-state index in [4.69, 9.17) is 10.4 Å². The third-order valence-electron chi connectivity index (χ3n) is 1.19. The quantitative estimate of drug-likeness (QED) is 0.786. The van der Waals surface area contributed by atoms with E-state index in [-0.39, 0.29) is 11.3 Å². The van der Waals surface area contributed by atoms with Gasteiger partial charge in [-0.05, 0) is 22.0 Å². The fourth-order valence-corrected chi connectivity index (χ4v) is 1.02. The second kappa shape index (κ2) is 3.32. The zero-order valence-corrected chi connectivity index (χ0v) is 7.37. The summed E-state index contributed by atoms with van der Waals surface area (Å²) in [5, 5.41) is 17.1. The van der Waals surface area contributed by atoms with Gasteiger partial charge in [-0.1, -0.05) is 0 Å². The molecule has 0 saturated carbocycles. The average molecular weight is 227 g/mol. The first-order valence-corrected chi connectivity index (χ1v) is 3.73. The molecule has 0 aliphatic carbocycles. The molecule has 0 fully saturated rings. The predicted octanol–water partition coefficient (Wildman–Crippen LogP) is 1.41. The number of rotatable bonds is 1. The van der Waals surface area contributed by atoms with E-state index >= 15 is 0 Å². The van der Waals surface area contributed by atoms with Gasteiger partial charge in [0.15, 0.2) is 5.69 Å². The molecule has 0 saturated heterocycles. The van der Waals surface area contributed by atoms with Crippen LogP contribution < -0.4 is 0 Å². The van der Waals surface area contributed by atoms with E-state index in [1.54, 1.807) is 6.07 Å². The summed E-state index contributed by atoms with van der Waals surface area (Å²) in [5.74, 6) is -1.15. The predicted molar refractivity (Wildman–Crippen MR) is 43.6 cm³/mol. The number of hydrogen-bond donors (Lipinski definition) is 1. The Bertz CT molecular complexity index is 370. The summed E-state index contributed by atoms with van der Waals surface area (Å²) in [5.41, 5.74) is -0.169. The molecule has 1 rings (SSSR count).